The van der Waals surface area contributed by atoms with Gasteiger partial charge in [0.15, 0.2) is 5.96 Å². The van der Waals surface area contributed by atoms with E-state index in [0.717, 1.165) is 12.0 Å². The van der Waals surface area contributed by atoms with E-state index in [9.17, 15) is 14.3 Å². The second-order valence-corrected chi connectivity index (χ2v) is 6.78. The van der Waals surface area contributed by atoms with Gasteiger partial charge < -0.3 is 25.8 Å². The number of benzene rings is 1. The second kappa shape index (κ2) is 12.9. The van der Waals surface area contributed by atoms with Gasteiger partial charge in [-0.3, -0.25) is 9.79 Å². The van der Waals surface area contributed by atoms with E-state index in [-0.39, 0.29) is 54.1 Å². The van der Waals surface area contributed by atoms with Crippen LogP contribution in [0.25, 0.3) is 0 Å². The highest BCUT2D eigenvalue weighted by molar-refractivity contribution is 14.0. The van der Waals surface area contributed by atoms with Crippen LogP contribution in [0.1, 0.15) is 18.4 Å². The summed E-state index contributed by atoms with van der Waals surface area (Å²) >= 11 is 0. The van der Waals surface area contributed by atoms with Gasteiger partial charge in [0.05, 0.1) is 13.0 Å². The van der Waals surface area contributed by atoms with Gasteiger partial charge in [-0.1, -0.05) is 12.1 Å². The summed E-state index contributed by atoms with van der Waals surface area (Å²) < 4.78 is 18.3. The molecule has 1 unspecified atom stereocenters. The van der Waals surface area contributed by atoms with Crippen molar-refractivity contribution in [3.63, 3.8) is 0 Å². The monoisotopic (exact) mass is 508 g/mol. The maximum Gasteiger partial charge on any atom is 0.224 e. The molecule has 0 radical (unpaired) electrons. The minimum absolute atomic E-state index is 0. The third kappa shape index (κ3) is 8.27. The van der Waals surface area contributed by atoms with Crippen LogP contribution in [-0.2, 0) is 16.0 Å². The number of nitrogens with one attached hydrogen (secondary N) is 3. The van der Waals surface area contributed by atoms with Crippen molar-refractivity contribution in [3.05, 3.63) is 35.6 Å². The van der Waals surface area contributed by atoms with Crippen molar-refractivity contribution in [1.29, 1.82) is 0 Å². The molecule has 9 heteroatoms. The van der Waals surface area contributed by atoms with E-state index in [2.05, 4.69) is 20.9 Å². The van der Waals surface area contributed by atoms with E-state index in [1.165, 1.54) is 12.1 Å². The standard InChI is InChI=1S/C19H29FN4O3.HI/c1-21-18(24-13-19(6-10-25)7-11-27-14-19)23-9-8-22-17(26)12-15-2-4-16(20)5-3-15;/h2-5,25H,6-14H2,1H3,(H,22,26)(H2,21,23,24);1H. The quantitative estimate of drug-likeness (QED) is 0.173. The lowest BCUT2D eigenvalue weighted by Crippen LogP contribution is -2.46. The molecule has 1 fully saturated rings. The lowest BCUT2D eigenvalue weighted by Gasteiger charge is -2.27. The highest BCUT2D eigenvalue weighted by Gasteiger charge is 2.34. The summed E-state index contributed by atoms with van der Waals surface area (Å²) in [4.78, 5) is 16.1. The zero-order chi connectivity index (χ0) is 19.5. The molecule has 1 aliphatic rings. The lowest BCUT2D eigenvalue weighted by molar-refractivity contribution is -0.120. The average Bonchev–Trinajstić information content (AvgIpc) is 3.12. The van der Waals surface area contributed by atoms with Crippen LogP contribution in [0.3, 0.4) is 0 Å². The summed E-state index contributed by atoms with van der Waals surface area (Å²) in [5.74, 6) is 0.218. The molecule has 0 saturated carbocycles. The van der Waals surface area contributed by atoms with Gasteiger partial charge in [0.2, 0.25) is 5.91 Å². The number of carbonyl (C=O) groups excluding carboxylic acids is 1. The average molecular weight is 508 g/mol. The van der Waals surface area contributed by atoms with Crippen LogP contribution in [-0.4, -0.2) is 63.5 Å². The number of nitrogens with zero attached hydrogens (tertiary/aromatic N) is 1. The SMILES string of the molecule is CN=C(NCCNC(=O)Cc1ccc(F)cc1)NCC1(CCO)CCOC1.I. The Morgan fingerprint density at radius 1 is 1.25 bits per heavy atom. The van der Waals surface area contributed by atoms with Gasteiger partial charge in [0.25, 0.3) is 0 Å². The molecule has 2 rings (SSSR count). The number of amides is 1. The van der Waals surface area contributed by atoms with Crippen molar-refractivity contribution >= 4 is 35.8 Å². The van der Waals surface area contributed by atoms with Crippen LogP contribution in [0.4, 0.5) is 4.39 Å². The minimum Gasteiger partial charge on any atom is -0.396 e. The second-order valence-electron chi connectivity index (χ2n) is 6.78. The summed E-state index contributed by atoms with van der Waals surface area (Å²) in [5.41, 5.74) is 0.711. The van der Waals surface area contributed by atoms with Crippen molar-refractivity contribution in [2.45, 2.75) is 19.3 Å². The summed E-state index contributed by atoms with van der Waals surface area (Å²) in [5, 5.41) is 18.5. The van der Waals surface area contributed by atoms with E-state index in [1.54, 1.807) is 19.2 Å². The molecule has 7 nitrogen and oxygen atoms in total. The number of aliphatic imine (C=N–C) groups is 1. The molecule has 28 heavy (non-hydrogen) atoms. The fraction of sp³-hybridized carbons (Fsp3) is 0.579. The van der Waals surface area contributed by atoms with E-state index >= 15 is 0 Å². The smallest absolute Gasteiger partial charge is 0.224 e. The summed E-state index contributed by atoms with van der Waals surface area (Å²) in [6, 6.07) is 5.90. The first-order valence-corrected chi connectivity index (χ1v) is 9.21. The van der Waals surface area contributed by atoms with Crippen LogP contribution < -0.4 is 16.0 Å². The first-order chi connectivity index (χ1) is 13.1. The van der Waals surface area contributed by atoms with Crippen molar-refractivity contribution in [1.82, 2.24) is 16.0 Å². The number of carbonyl (C=O) groups is 1. The minimum atomic E-state index is -0.313. The van der Waals surface area contributed by atoms with E-state index in [4.69, 9.17) is 4.74 Å². The Morgan fingerprint density at radius 2 is 1.96 bits per heavy atom. The Kier molecular flexibility index (Phi) is 11.3. The third-order valence-corrected chi connectivity index (χ3v) is 4.70. The number of halogens is 2. The topological polar surface area (TPSA) is 95.0 Å². The van der Waals surface area contributed by atoms with Gasteiger partial charge >= 0.3 is 0 Å². The number of aliphatic hydroxyl groups excluding tert-OH is 1. The molecular weight excluding hydrogens is 478 g/mol. The van der Waals surface area contributed by atoms with Gasteiger partial charge in [-0.15, -0.1) is 24.0 Å². The molecule has 4 N–H and O–H groups in total. The fourth-order valence-electron chi connectivity index (χ4n) is 3.04. The molecule has 158 valence electrons. The highest BCUT2D eigenvalue weighted by Crippen LogP contribution is 2.31. The zero-order valence-electron chi connectivity index (χ0n) is 16.2. The van der Waals surface area contributed by atoms with Crippen LogP contribution in [0.2, 0.25) is 0 Å². The Bertz CT molecular complexity index is 622. The molecule has 1 aliphatic heterocycles. The zero-order valence-corrected chi connectivity index (χ0v) is 18.5. The molecule has 1 saturated heterocycles. The predicted octanol–water partition coefficient (Wildman–Crippen LogP) is 1.06. The number of rotatable bonds is 9. The Morgan fingerprint density at radius 3 is 2.57 bits per heavy atom. The molecule has 1 amide bonds. The molecule has 0 bridgehead atoms. The van der Waals surface area contributed by atoms with Gasteiger partial charge in [-0.05, 0) is 30.5 Å². The molecule has 1 atom stereocenters. The van der Waals surface area contributed by atoms with Gasteiger partial charge in [0, 0.05) is 45.3 Å². The van der Waals surface area contributed by atoms with Gasteiger partial charge in [-0.25, -0.2) is 4.39 Å². The third-order valence-electron chi connectivity index (χ3n) is 4.70. The Hall–Kier alpha value is -1.46. The molecule has 0 spiro atoms. The van der Waals surface area contributed by atoms with Gasteiger partial charge in [-0.2, -0.15) is 0 Å². The molecule has 1 aromatic rings. The lowest BCUT2D eigenvalue weighted by atomic mass is 9.84. The normalized spacial score (nSPS) is 19.0. The Labute approximate surface area is 182 Å². The molecular formula is C19H30FIN4O3. The highest BCUT2D eigenvalue weighted by atomic mass is 127. The number of aliphatic hydroxyl groups is 1. The van der Waals surface area contributed by atoms with E-state index < -0.39 is 0 Å². The van der Waals surface area contributed by atoms with Crippen LogP contribution in [0, 0.1) is 11.2 Å². The maximum atomic E-state index is 12.9. The fourth-order valence-corrected chi connectivity index (χ4v) is 3.04. The van der Waals surface area contributed by atoms with Crippen LogP contribution >= 0.6 is 24.0 Å². The summed E-state index contributed by atoms with van der Waals surface area (Å²) in [6.07, 6.45) is 1.82. The molecule has 1 aromatic carbocycles. The van der Waals surface area contributed by atoms with Crippen LogP contribution in [0.5, 0.6) is 0 Å². The maximum absolute atomic E-state index is 12.9. The molecule has 0 aliphatic carbocycles. The number of ether oxygens (including phenoxy) is 1. The van der Waals surface area contributed by atoms with E-state index in [1.807, 2.05) is 0 Å². The first-order valence-electron chi connectivity index (χ1n) is 9.21. The van der Waals surface area contributed by atoms with Crippen molar-refractivity contribution < 1.29 is 19.0 Å². The summed E-state index contributed by atoms with van der Waals surface area (Å²) in [7, 11) is 1.69. The Balaban J connectivity index is 0.00000392. The van der Waals surface area contributed by atoms with Gasteiger partial charge in [0.1, 0.15) is 5.82 Å². The first kappa shape index (κ1) is 24.6. The van der Waals surface area contributed by atoms with E-state index in [0.29, 0.717) is 45.2 Å². The predicted molar refractivity (Wildman–Crippen MR) is 117 cm³/mol. The molecule has 1 heterocycles. The number of guanidine groups is 1. The van der Waals surface area contributed by atoms with Crippen LogP contribution in [0.15, 0.2) is 29.3 Å². The number of hydrogen-bond donors (Lipinski definition) is 4. The summed E-state index contributed by atoms with van der Waals surface area (Å²) in [6.45, 7) is 3.13. The van der Waals surface area contributed by atoms with Crippen molar-refractivity contribution in [2.24, 2.45) is 10.4 Å². The van der Waals surface area contributed by atoms with Crippen molar-refractivity contribution in [2.75, 3.05) is 46.5 Å². The molecule has 0 aromatic heterocycles. The largest absolute Gasteiger partial charge is 0.396 e. The van der Waals surface area contributed by atoms with Crippen molar-refractivity contribution in [3.8, 4) is 0 Å². The number of hydrogen-bond acceptors (Lipinski definition) is 4.